The summed E-state index contributed by atoms with van der Waals surface area (Å²) in [6, 6.07) is 9.27. The molecule has 0 bridgehead atoms. The van der Waals surface area contributed by atoms with Gasteiger partial charge in [-0.2, -0.15) is 5.10 Å². The van der Waals surface area contributed by atoms with Crippen LogP contribution >= 0.6 is 0 Å². The van der Waals surface area contributed by atoms with Crippen molar-refractivity contribution in [3.8, 4) is 22.9 Å². The molecular formula is C22H24N6O3. The normalized spacial score (nSPS) is 16.8. The lowest BCUT2D eigenvalue weighted by Gasteiger charge is -2.30. The number of amides is 1. The van der Waals surface area contributed by atoms with Crippen LogP contribution in [0.3, 0.4) is 0 Å². The second-order valence-corrected chi connectivity index (χ2v) is 7.74. The molecule has 0 spiro atoms. The lowest BCUT2D eigenvalue weighted by molar-refractivity contribution is -0.117. The van der Waals surface area contributed by atoms with E-state index in [-0.39, 0.29) is 5.91 Å². The van der Waals surface area contributed by atoms with Crippen molar-refractivity contribution in [1.29, 1.82) is 0 Å². The number of carbonyl (C=O) groups is 1. The van der Waals surface area contributed by atoms with Gasteiger partial charge >= 0.3 is 0 Å². The second kappa shape index (κ2) is 8.73. The van der Waals surface area contributed by atoms with Crippen molar-refractivity contribution in [3.05, 3.63) is 48.5 Å². The van der Waals surface area contributed by atoms with E-state index in [9.17, 15) is 4.79 Å². The molecule has 1 saturated heterocycles. The van der Waals surface area contributed by atoms with Crippen LogP contribution in [0.25, 0.3) is 11.4 Å². The Labute approximate surface area is 179 Å². The zero-order valence-corrected chi connectivity index (χ0v) is 17.1. The first kappa shape index (κ1) is 19.5. The highest BCUT2D eigenvalue weighted by atomic mass is 16.6. The Morgan fingerprint density at radius 3 is 2.68 bits per heavy atom. The summed E-state index contributed by atoms with van der Waals surface area (Å²) in [5.41, 5.74) is 1.67. The molecule has 2 aliphatic rings. The van der Waals surface area contributed by atoms with E-state index in [1.165, 1.54) is 0 Å². The predicted octanol–water partition coefficient (Wildman–Crippen LogP) is 2.46. The molecule has 2 aromatic heterocycles. The molecule has 160 valence electrons. The zero-order valence-electron chi connectivity index (χ0n) is 17.1. The van der Waals surface area contributed by atoms with Crippen LogP contribution in [0.4, 0.5) is 5.69 Å². The van der Waals surface area contributed by atoms with Gasteiger partial charge in [-0.3, -0.25) is 19.8 Å². The topological polar surface area (TPSA) is 105 Å². The number of rotatable bonds is 5. The average molecular weight is 420 g/mol. The fraction of sp³-hybridized carbons (Fsp3) is 0.364. The number of aromatic amines is 1. The maximum atomic E-state index is 12.5. The van der Waals surface area contributed by atoms with Gasteiger partial charge in [-0.25, -0.2) is 4.98 Å². The number of likely N-dealkylation sites (tertiary alicyclic amines) is 1. The molecule has 1 fully saturated rings. The van der Waals surface area contributed by atoms with E-state index in [0.717, 1.165) is 43.0 Å². The lowest BCUT2D eigenvalue weighted by atomic mass is 9.96. The second-order valence-electron chi connectivity index (χ2n) is 7.74. The Kier molecular flexibility index (Phi) is 5.49. The van der Waals surface area contributed by atoms with Crippen LogP contribution in [0.2, 0.25) is 0 Å². The van der Waals surface area contributed by atoms with E-state index in [2.05, 4.69) is 30.4 Å². The molecule has 0 saturated carbocycles. The highest BCUT2D eigenvalue weighted by Crippen LogP contribution is 2.32. The number of fused-ring (bicyclic) bond motifs is 1. The minimum atomic E-state index is -0.0326. The maximum Gasteiger partial charge on any atom is 0.238 e. The van der Waals surface area contributed by atoms with Crippen LogP contribution in [-0.2, 0) is 4.79 Å². The van der Waals surface area contributed by atoms with E-state index in [4.69, 9.17) is 9.47 Å². The molecule has 1 aromatic carbocycles. The van der Waals surface area contributed by atoms with Gasteiger partial charge in [0.15, 0.2) is 17.3 Å². The molecule has 0 aliphatic carbocycles. The smallest absolute Gasteiger partial charge is 0.238 e. The molecule has 1 amide bonds. The number of aromatic nitrogens is 4. The minimum absolute atomic E-state index is 0.0326. The van der Waals surface area contributed by atoms with Crippen molar-refractivity contribution in [1.82, 2.24) is 25.1 Å². The van der Waals surface area contributed by atoms with Gasteiger partial charge in [0, 0.05) is 35.6 Å². The van der Waals surface area contributed by atoms with Crippen molar-refractivity contribution in [3.63, 3.8) is 0 Å². The van der Waals surface area contributed by atoms with Crippen molar-refractivity contribution in [2.24, 2.45) is 0 Å². The van der Waals surface area contributed by atoms with Crippen molar-refractivity contribution in [2.75, 3.05) is 38.2 Å². The van der Waals surface area contributed by atoms with Crippen LogP contribution < -0.4 is 14.8 Å². The molecule has 2 aliphatic heterocycles. The number of hydrogen-bond donors (Lipinski definition) is 2. The van der Waals surface area contributed by atoms with Crippen LogP contribution in [-0.4, -0.2) is 63.8 Å². The third kappa shape index (κ3) is 4.51. The van der Waals surface area contributed by atoms with Gasteiger partial charge in [0.2, 0.25) is 5.91 Å². The number of carbonyl (C=O) groups excluding carboxylic acids is 1. The van der Waals surface area contributed by atoms with E-state index >= 15 is 0 Å². The molecule has 2 N–H and O–H groups in total. The van der Waals surface area contributed by atoms with Gasteiger partial charge in [0.25, 0.3) is 0 Å². The van der Waals surface area contributed by atoms with Crippen LogP contribution in [0, 0.1) is 0 Å². The molecule has 31 heavy (non-hydrogen) atoms. The fourth-order valence-electron chi connectivity index (χ4n) is 3.98. The summed E-state index contributed by atoms with van der Waals surface area (Å²) in [5.74, 6) is 3.27. The molecule has 3 aromatic rings. The number of nitrogens with zero attached hydrogens (tertiary/aromatic N) is 4. The van der Waals surface area contributed by atoms with Crippen molar-refractivity contribution in [2.45, 2.75) is 18.8 Å². The van der Waals surface area contributed by atoms with E-state index in [1.54, 1.807) is 12.4 Å². The predicted molar refractivity (Wildman–Crippen MR) is 114 cm³/mol. The summed E-state index contributed by atoms with van der Waals surface area (Å²) in [6.07, 6.45) is 5.34. The van der Waals surface area contributed by atoms with Gasteiger partial charge in [0.1, 0.15) is 19.0 Å². The quantitative estimate of drug-likeness (QED) is 0.653. The molecule has 5 rings (SSSR count). The monoisotopic (exact) mass is 420 g/mol. The third-order valence-corrected chi connectivity index (χ3v) is 5.61. The summed E-state index contributed by atoms with van der Waals surface area (Å²) in [4.78, 5) is 23.4. The van der Waals surface area contributed by atoms with Crippen LogP contribution in [0.5, 0.6) is 11.5 Å². The Morgan fingerprint density at radius 2 is 1.87 bits per heavy atom. The summed E-state index contributed by atoms with van der Waals surface area (Å²) in [7, 11) is 0. The highest BCUT2D eigenvalue weighted by molar-refractivity contribution is 5.92. The third-order valence-electron chi connectivity index (χ3n) is 5.61. The van der Waals surface area contributed by atoms with E-state index in [0.29, 0.717) is 43.0 Å². The fourth-order valence-corrected chi connectivity index (χ4v) is 3.98. The van der Waals surface area contributed by atoms with Crippen molar-refractivity contribution >= 4 is 11.6 Å². The molecule has 4 heterocycles. The summed E-state index contributed by atoms with van der Waals surface area (Å²) in [5, 5.41) is 10.4. The zero-order chi connectivity index (χ0) is 21.0. The SMILES string of the molecule is O=C(CN1CCC(c2nc(-c3ccncc3)n[nH]2)CC1)Nc1ccc2c(c1)OCCO2. The van der Waals surface area contributed by atoms with E-state index in [1.807, 2.05) is 30.3 Å². The summed E-state index contributed by atoms with van der Waals surface area (Å²) >= 11 is 0. The Bertz CT molecular complexity index is 1050. The number of ether oxygens (including phenoxy) is 2. The number of hydrogen-bond acceptors (Lipinski definition) is 7. The van der Waals surface area contributed by atoms with Crippen molar-refractivity contribution < 1.29 is 14.3 Å². The lowest BCUT2D eigenvalue weighted by Crippen LogP contribution is -2.38. The molecular weight excluding hydrogens is 396 g/mol. The average Bonchev–Trinajstić information content (AvgIpc) is 3.30. The summed E-state index contributed by atoms with van der Waals surface area (Å²) < 4.78 is 11.1. The molecule has 9 nitrogen and oxygen atoms in total. The van der Waals surface area contributed by atoms with Gasteiger partial charge in [-0.1, -0.05) is 0 Å². The molecule has 9 heteroatoms. The number of H-pyrrole nitrogens is 1. The number of piperidine rings is 1. The van der Waals surface area contributed by atoms with Crippen LogP contribution in [0.15, 0.2) is 42.7 Å². The molecule has 0 unspecified atom stereocenters. The maximum absolute atomic E-state index is 12.5. The highest BCUT2D eigenvalue weighted by Gasteiger charge is 2.25. The Hall–Kier alpha value is -3.46. The first-order valence-electron chi connectivity index (χ1n) is 10.5. The number of nitrogens with one attached hydrogen (secondary N) is 2. The standard InChI is InChI=1S/C22H24N6O3/c29-20(24-17-1-2-18-19(13-17)31-12-11-30-18)14-28-9-5-16(6-10-28)22-25-21(26-27-22)15-3-7-23-8-4-15/h1-4,7-8,13,16H,5-6,9-12,14H2,(H,24,29)(H,25,26,27). The molecule has 0 atom stereocenters. The number of benzene rings is 1. The van der Waals surface area contributed by atoms with E-state index < -0.39 is 0 Å². The van der Waals surface area contributed by atoms with Crippen LogP contribution in [0.1, 0.15) is 24.6 Å². The Balaban J connectivity index is 1.13. The number of pyridine rings is 1. The van der Waals surface area contributed by atoms with Gasteiger partial charge in [-0.05, 0) is 50.2 Å². The number of anilines is 1. The minimum Gasteiger partial charge on any atom is -0.486 e. The first-order chi connectivity index (χ1) is 15.2. The van der Waals surface area contributed by atoms with Gasteiger partial charge in [-0.15, -0.1) is 0 Å². The summed E-state index contributed by atoms with van der Waals surface area (Å²) in [6.45, 7) is 3.11. The Morgan fingerprint density at radius 1 is 1.10 bits per heavy atom. The largest absolute Gasteiger partial charge is 0.486 e. The molecule has 0 radical (unpaired) electrons. The van der Waals surface area contributed by atoms with Gasteiger partial charge in [0.05, 0.1) is 6.54 Å². The first-order valence-corrected chi connectivity index (χ1v) is 10.5. The van der Waals surface area contributed by atoms with Gasteiger partial charge < -0.3 is 14.8 Å².